The summed E-state index contributed by atoms with van der Waals surface area (Å²) in [6, 6.07) is 10.3. The Kier molecular flexibility index (Phi) is 7.97. The molecule has 33 heavy (non-hydrogen) atoms. The summed E-state index contributed by atoms with van der Waals surface area (Å²) < 4.78 is 5.99. The van der Waals surface area contributed by atoms with Gasteiger partial charge in [0.05, 0.1) is 9.90 Å². The summed E-state index contributed by atoms with van der Waals surface area (Å²) in [5.74, 6) is 0.913. The largest absolute Gasteiger partial charge is 0.397 e. The van der Waals surface area contributed by atoms with E-state index in [9.17, 15) is 4.79 Å². The minimum Gasteiger partial charge on any atom is -0.397 e. The number of thiazole rings is 1. The number of hydrogen-bond donors (Lipinski definition) is 2. The quantitative estimate of drug-likeness (QED) is 0.211. The van der Waals surface area contributed by atoms with Crippen molar-refractivity contribution in [2.45, 2.75) is 30.5 Å². The van der Waals surface area contributed by atoms with Gasteiger partial charge in [0.2, 0.25) is 5.91 Å². The predicted octanol–water partition coefficient (Wildman–Crippen LogP) is 5.82. The molecule has 0 atom stereocenters. The first-order chi connectivity index (χ1) is 16.1. The van der Waals surface area contributed by atoms with E-state index in [0.29, 0.717) is 6.54 Å². The number of hydrogen-bond acceptors (Lipinski definition) is 8. The van der Waals surface area contributed by atoms with E-state index < -0.39 is 0 Å². The van der Waals surface area contributed by atoms with Crippen LogP contribution in [0.25, 0.3) is 32.0 Å². The highest BCUT2D eigenvalue weighted by atomic mass is 32.2. The van der Waals surface area contributed by atoms with E-state index >= 15 is 0 Å². The number of nitrogens with one attached hydrogen (secondary N) is 1. The normalized spacial score (nSPS) is 11.2. The summed E-state index contributed by atoms with van der Waals surface area (Å²) in [5.41, 5.74) is 11.4. The van der Waals surface area contributed by atoms with Crippen molar-refractivity contribution < 1.29 is 9.53 Å². The van der Waals surface area contributed by atoms with Crippen molar-refractivity contribution in [1.29, 1.82) is 0 Å². The van der Waals surface area contributed by atoms with E-state index in [-0.39, 0.29) is 12.5 Å². The average Bonchev–Trinajstić information content (AvgIpc) is 3.47. The van der Waals surface area contributed by atoms with Gasteiger partial charge in [0.15, 0.2) is 0 Å². The fraction of sp³-hybridized carbons (Fsp3) is 0.292. The van der Waals surface area contributed by atoms with Gasteiger partial charge < -0.3 is 15.8 Å². The standard InChI is InChI=1S/C24H26N4O2S3/c1-3-4-10-32-24-21(25)20-17(12-18(28-23(20)33-24)22-26-9-11-31-22)16-7-5-15(6-8-16)13-27-19(29)14-30-2/h5-9,11-12H,3-4,10,13-14,25H2,1-2H3,(H,27,29). The van der Waals surface area contributed by atoms with Gasteiger partial charge in [-0.25, -0.2) is 9.97 Å². The highest BCUT2D eigenvalue weighted by Crippen LogP contribution is 2.45. The van der Waals surface area contributed by atoms with Gasteiger partial charge in [0, 0.05) is 30.6 Å². The lowest BCUT2D eigenvalue weighted by Gasteiger charge is -2.09. The van der Waals surface area contributed by atoms with E-state index in [1.807, 2.05) is 29.3 Å². The van der Waals surface area contributed by atoms with Crippen molar-refractivity contribution in [3.05, 3.63) is 47.5 Å². The van der Waals surface area contributed by atoms with Crippen molar-refractivity contribution in [1.82, 2.24) is 15.3 Å². The van der Waals surface area contributed by atoms with E-state index in [4.69, 9.17) is 15.5 Å². The molecule has 4 rings (SSSR count). The highest BCUT2D eigenvalue weighted by molar-refractivity contribution is 8.01. The molecule has 0 saturated heterocycles. The van der Waals surface area contributed by atoms with Crippen molar-refractivity contribution >= 4 is 56.2 Å². The Hall–Kier alpha value is -2.46. The maximum atomic E-state index is 11.7. The van der Waals surface area contributed by atoms with Crippen LogP contribution in [0, 0.1) is 0 Å². The first kappa shape index (κ1) is 23.7. The Morgan fingerprint density at radius 1 is 1.27 bits per heavy atom. The minimum absolute atomic E-state index is 0.0582. The molecule has 0 aliphatic carbocycles. The molecular formula is C24H26N4O2S3. The van der Waals surface area contributed by atoms with Gasteiger partial charge in [0.1, 0.15) is 22.1 Å². The van der Waals surface area contributed by atoms with Crippen LogP contribution in [0.3, 0.4) is 0 Å². The van der Waals surface area contributed by atoms with E-state index in [2.05, 4.69) is 35.4 Å². The van der Waals surface area contributed by atoms with Crippen molar-refractivity contribution in [2.24, 2.45) is 0 Å². The Morgan fingerprint density at radius 3 is 2.79 bits per heavy atom. The van der Waals surface area contributed by atoms with E-state index in [1.165, 1.54) is 7.11 Å². The number of carbonyl (C=O) groups excluding carboxylic acids is 1. The van der Waals surface area contributed by atoms with Gasteiger partial charge in [-0.3, -0.25) is 4.79 Å². The third kappa shape index (κ3) is 5.55. The van der Waals surface area contributed by atoms with Gasteiger partial charge in [0.25, 0.3) is 0 Å². The highest BCUT2D eigenvalue weighted by Gasteiger charge is 2.18. The third-order valence-electron chi connectivity index (χ3n) is 5.08. The Bertz CT molecular complexity index is 1220. The van der Waals surface area contributed by atoms with Gasteiger partial charge in [-0.05, 0) is 34.9 Å². The number of fused-ring (bicyclic) bond motifs is 1. The summed E-state index contributed by atoms with van der Waals surface area (Å²) in [7, 11) is 1.51. The zero-order valence-electron chi connectivity index (χ0n) is 18.6. The third-order valence-corrected chi connectivity index (χ3v) is 8.35. The van der Waals surface area contributed by atoms with Crippen LogP contribution in [-0.4, -0.2) is 35.3 Å². The Labute approximate surface area is 205 Å². The number of rotatable bonds is 10. The fourth-order valence-electron chi connectivity index (χ4n) is 3.39. The molecule has 0 spiro atoms. The SMILES string of the molecule is CCCCSc1sc2nc(-c3nccs3)cc(-c3ccc(CNC(=O)COC)cc3)c2c1N. The Morgan fingerprint density at radius 2 is 2.09 bits per heavy atom. The monoisotopic (exact) mass is 498 g/mol. The van der Waals surface area contributed by atoms with Gasteiger partial charge in [-0.1, -0.05) is 37.6 Å². The number of nitrogens with two attached hydrogens (primary N) is 1. The van der Waals surface area contributed by atoms with Crippen LogP contribution in [-0.2, 0) is 16.1 Å². The lowest BCUT2D eigenvalue weighted by atomic mass is 10.0. The maximum Gasteiger partial charge on any atom is 0.246 e. The fourth-order valence-corrected chi connectivity index (χ4v) is 6.44. The topological polar surface area (TPSA) is 90.1 Å². The number of nitrogens with zero attached hydrogens (tertiary/aromatic N) is 2. The molecule has 0 fully saturated rings. The smallest absolute Gasteiger partial charge is 0.246 e. The molecule has 3 heterocycles. The lowest BCUT2D eigenvalue weighted by molar-refractivity contribution is -0.124. The Balaban J connectivity index is 1.71. The second kappa shape index (κ2) is 11.1. The van der Waals surface area contributed by atoms with E-state index in [1.54, 1.807) is 28.9 Å². The van der Waals surface area contributed by atoms with Crippen LogP contribution < -0.4 is 11.1 Å². The first-order valence-electron chi connectivity index (χ1n) is 10.7. The molecule has 0 bridgehead atoms. The van der Waals surface area contributed by atoms with Crippen molar-refractivity contribution in [2.75, 3.05) is 25.2 Å². The van der Waals surface area contributed by atoms with Gasteiger partial charge in [-0.2, -0.15) is 0 Å². The second-order valence-corrected chi connectivity index (χ2v) is 10.7. The summed E-state index contributed by atoms with van der Waals surface area (Å²) in [6.07, 6.45) is 4.12. The lowest BCUT2D eigenvalue weighted by Crippen LogP contribution is -2.26. The summed E-state index contributed by atoms with van der Waals surface area (Å²) in [6.45, 7) is 2.71. The first-order valence-corrected chi connectivity index (χ1v) is 13.4. The van der Waals surface area contributed by atoms with Crippen LogP contribution in [0.5, 0.6) is 0 Å². The predicted molar refractivity (Wildman–Crippen MR) is 140 cm³/mol. The molecule has 172 valence electrons. The van der Waals surface area contributed by atoms with Crippen LogP contribution in [0.1, 0.15) is 25.3 Å². The summed E-state index contributed by atoms with van der Waals surface area (Å²) >= 11 is 5.04. The molecule has 6 nitrogen and oxygen atoms in total. The number of carbonyl (C=O) groups is 1. The number of amides is 1. The number of ether oxygens (including phenoxy) is 1. The van der Waals surface area contributed by atoms with Crippen molar-refractivity contribution in [3.63, 3.8) is 0 Å². The second-order valence-electron chi connectivity index (χ2n) is 7.48. The number of anilines is 1. The molecule has 0 aliphatic heterocycles. The summed E-state index contributed by atoms with van der Waals surface area (Å²) in [4.78, 5) is 22.0. The molecule has 0 saturated carbocycles. The number of thiophene rings is 1. The van der Waals surface area contributed by atoms with Crippen LogP contribution in [0.4, 0.5) is 5.69 Å². The zero-order chi connectivity index (χ0) is 23.2. The molecule has 1 amide bonds. The number of thioether (sulfide) groups is 1. The summed E-state index contributed by atoms with van der Waals surface area (Å²) in [5, 5.41) is 6.70. The number of pyridine rings is 1. The number of aromatic nitrogens is 2. The molecule has 3 N–H and O–H groups in total. The van der Waals surface area contributed by atoms with Crippen LogP contribution >= 0.6 is 34.4 Å². The van der Waals surface area contributed by atoms with Gasteiger partial charge in [-0.15, -0.1) is 34.4 Å². The zero-order valence-corrected chi connectivity index (χ0v) is 21.0. The minimum atomic E-state index is -0.135. The molecule has 0 radical (unpaired) electrons. The van der Waals surface area contributed by atoms with Gasteiger partial charge >= 0.3 is 0 Å². The number of benzene rings is 1. The molecular weight excluding hydrogens is 472 g/mol. The van der Waals surface area contributed by atoms with Crippen molar-refractivity contribution in [3.8, 4) is 21.8 Å². The number of nitrogen functional groups attached to an aromatic ring is 1. The van der Waals surface area contributed by atoms with Crippen LogP contribution in [0.15, 0.2) is 46.1 Å². The molecule has 0 aliphatic rings. The molecule has 9 heteroatoms. The molecule has 3 aromatic heterocycles. The number of methoxy groups -OCH3 is 1. The molecule has 0 unspecified atom stereocenters. The van der Waals surface area contributed by atoms with E-state index in [0.717, 1.165) is 66.1 Å². The van der Waals surface area contributed by atoms with Crippen LogP contribution in [0.2, 0.25) is 0 Å². The number of unbranched alkanes of at least 4 members (excludes halogenated alkanes) is 1. The molecule has 1 aromatic carbocycles. The average molecular weight is 499 g/mol. The molecule has 4 aromatic rings. The maximum absolute atomic E-state index is 11.7.